The summed E-state index contributed by atoms with van der Waals surface area (Å²) in [5, 5.41) is 2.81. The van der Waals surface area contributed by atoms with Crippen LogP contribution in [0.5, 0.6) is 0 Å². The summed E-state index contributed by atoms with van der Waals surface area (Å²) in [7, 11) is -3.89. The Hall–Kier alpha value is -2.39. The van der Waals surface area contributed by atoms with E-state index in [0.717, 1.165) is 13.4 Å². The van der Waals surface area contributed by atoms with Gasteiger partial charge in [-0.1, -0.05) is 36.4 Å². The third-order valence-corrected chi connectivity index (χ3v) is 6.58. The van der Waals surface area contributed by atoms with Crippen LogP contribution in [0.1, 0.15) is 5.56 Å². The number of carbonyl (C=O) groups excluding carboxylic acids is 1. The molecule has 0 unspecified atom stereocenters. The third kappa shape index (κ3) is 4.71. The van der Waals surface area contributed by atoms with E-state index in [-0.39, 0.29) is 11.4 Å². The van der Waals surface area contributed by atoms with Gasteiger partial charge in [0.05, 0.1) is 10.6 Å². The summed E-state index contributed by atoms with van der Waals surface area (Å²) in [6.07, 6.45) is 0. The maximum atomic E-state index is 13.2. The zero-order valence-corrected chi connectivity index (χ0v) is 18.1. The van der Waals surface area contributed by atoms with Crippen LogP contribution in [-0.2, 0) is 14.8 Å². The predicted molar refractivity (Wildman–Crippen MR) is 120 cm³/mol. The van der Waals surface area contributed by atoms with E-state index in [2.05, 4.69) is 27.9 Å². The van der Waals surface area contributed by atoms with Crippen LogP contribution < -0.4 is 9.62 Å². The molecule has 0 aliphatic heterocycles. The summed E-state index contributed by atoms with van der Waals surface area (Å²) >= 11 is 2.20. The molecule has 7 heteroatoms. The Balaban J connectivity index is 1.91. The Morgan fingerprint density at radius 1 is 0.964 bits per heavy atom. The molecule has 0 heterocycles. The number of hydrogen-bond acceptors (Lipinski definition) is 3. The van der Waals surface area contributed by atoms with E-state index < -0.39 is 15.9 Å². The van der Waals surface area contributed by atoms with E-state index in [4.69, 9.17) is 0 Å². The van der Waals surface area contributed by atoms with Gasteiger partial charge in [-0.3, -0.25) is 9.10 Å². The number of benzene rings is 3. The van der Waals surface area contributed by atoms with Crippen LogP contribution in [-0.4, -0.2) is 20.9 Å². The Kier molecular flexibility index (Phi) is 6.35. The SMILES string of the molecule is Cc1cc(I)ccc1NC(=O)CN(c1ccccc1)S(=O)(=O)c1ccccc1. The quantitative estimate of drug-likeness (QED) is 0.503. The Labute approximate surface area is 178 Å². The Morgan fingerprint density at radius 3 is 2.18 bits per heavy atom. The first-order chi connectivity index (χ1) is 13.4. The minimum Gasteiger partial charge on any atom is -0.324 e. The molecule has 1 N–H and O–H groups in total. The molecule has 0 saturated carbocycles. The molecule has 0 aliphatic rings. The first-order valence-electron chi connectivity index (χ1n) is 8.57. The second-order valence-electron chi connectivity index (χ2n) is 6.17. The average Bonchev–Trinajstić information content (AvgIpc) is 2.69. The van der Waals surface area contributed by atoms with Crippen LogP contribution in [0.25, 0.3) is 0 Å². The van der Waals surface area contributed by atoms with Gasteiger partial charge in [-0.25, -0.2) is 8.42 Å². The van der Waals surface area contributed by atoms with Crippen LogP contribution in [0.4, 0.5) is 11.4 Å². The number of rotatable bonds is 6. The van der Waals surface area contributed by atoms with Crippen molar-refractivity contribution in [1.29, 1.82) is 0 Å². The molecule has 0 saturated heterocycles. The molecule has 1 amide bonds. The summed E-state index contributed by atoms with van der Waals surface area (Å²) in [6.45, 7) is 1.57. The highest BCUT2D eigenvalue weighted by Gasteiger charge is 2.27. The molecule has 0 atom stereocenters. The van der Waals surface area contributed by atoms with Crippen molar-refractivity contribution in [3.05, 3.63) is 88.0 Å². The molecule has 5 nitrogen and oxygen atoms in total. The minimum atomic E-state index is -3.89. The summed E-state index contributed by atoms with van der Waals surface area (Å²) < 4.78 is 28.5. The van der Waals surface area contributed by atoms with Crippen molar-refractivity contribution in [1.82, 2.24) is 0 Å². The summed E-state index contributed by atoms with van der Waals surface area (Å²) in [4.78, 5) is 12.8. The number of nitrogens with one attached hydrogen (secondary N) is 1. The van der Waals surface area contributed by atoms with E-state index in [1.807, 2.05) is 25.1 Å². The lowest BCUT2D eigenvalue weighted by molar-refractivity contribution is -0.114. The predicted octanol–water partition coefficient (Wildman–Crippen LogP) is 4.43. The number of para-hydroxylation sites is 1. The largest absolute Gasteiger partial charge is 0.324 e. The lowest BCUT2D eigenvalue weighted by atomic mass is 10.2. The molecule has 0 aliphatic carbocycles. The zero-order chi connectivity index (χ0) is 20.1. The number of aryl methyl sites for hydroxylation is 1. The molecule has 0 fully saturated rings. The van der Waals surface area contributed by atoms with Crippen LogP contribution in [0.15, 0.2) is 83.8 Å². The van der Waals surface area contributed by atoms with Gasteiger partial charge < -0.3 is 5.32 Å². The number of anilines is 2. The monoisotopic (exact) mass is 506 g/mol. The number of halogens is 1. The molecule has 28 heavy (non-hydrogen) atoms. The Morgan fingerprint density at radius 2 is 1.57 bits per heavy atom. The molecule has 0 radical (unpaired) electrons. The van der Waals surface area contributed by atoms with Gasteiger partial charge in [-0.2, -0.15) is 0 Å². The third-order valence-electron chi connectivity index (χ3n) is 4.13. The number of carbonyl (C=O) groups is 1. The second kappa shape index (κ2) is 8.74. The van der Waals surface area contributed by atoms with Crippen LogP contribution >= 0.6 is 22.6 Å². The van der Waals surface area contributed by atoms with E-state index in [1.54, 1.807) is 48.5 Å². The van der Waals surface area contributed by atoms with Crippen LogP contribution in [0.3, 0.4) is 0 Å². The van der Waals surface area contributed by atoms with Crippen molar-refractivity contribution in [3.63, 3.8) is 0 Å². The molecule has 3 rings (SSSR count). The van der Waals surface area contributed by atoms with Gasteiger partial charge in [0.2, 0.25) is 5.91 Å². The van der Waals surface area contributed by atoms with Crippen molar-refractivity contribution in [2.45, 2.75) is 11.8 Å². The van der Waals surface area contributed by atoms with Gasteiger partial charge in [0, 0.05) is 9.26 Å². The van der Waals surface area contributed by atoms with Gasteiger partial charge in [-0.05, 0) is 77.5 Å². The lowest BCUT2D eigenvalue weighted by Crippen LogP contribution is -2.38. The molecule has 0 bridgehead atoms. The van der Waals surface area contributed by atoms with E-state index in [1.165, 1.54) is 12.1 Å². The number of amides is 1. The smallest absolute Gasteiger partial charge is 0.264 e. The van der Waals surface area contributed by atoms with Gasteiger partial charge in [0.25, 0.3) is 10.0 Å². The second-order valence-corrected chi connectivity index (χ2v) is 9.28. The van der Waals surface area contributed by atoms with Gasteiger partial charge >= 0.3 is 0 Å². The lowest BCUT2D eigenvalue weighted by Gasteiger charge is -2.24. The fraction of sp³-hybridized carbons (Fsp3) is 0.0952. The normalized spacial score (nSPS) is 11.1. The topological polar surface area (TPSA) is 66.5 Å². The molecule has 0 aromatic heterocycles. The molecular formula is C21H19IN2O3S. The molecule has 3 aromatic carbocycles. The molecular weight excluding hydrogens is 487 g/mol. The minimum absolute atomic E-state index is 0.136. The number of nitrogens with zero attached hydrogens (tertiary/aromatic N) is 1. The first-order valence-corrected chi connectivity index (χ1v) is 11.1. The highest BCUT2D eigenvalue weighted by molar-refractivity contribution is 14.1. The summed E-state index contributed by atoms with van der Waals surface area (Å²) in [5.74, 6) is -0.410. The van der Waals surface area contributed by atoms with Crippen molar-refractivity contribution >= 4 is 49.9 Å². The van der Waals surface area contributed by atoms with E-state index >= 15 is 0 Å². The van der Waals surface area contributed by atoms with Gasteiger partial charge in [0.15, 0.2) is 0 Å². The maximum absolute atomic E-state index is 13.2. The van der Waals surface area contributed by atoms with Gasteiger partial charge in [0.1, 0.15) is 6.54 Å². The maximum Gasteiger partial charge on any atom is 0.264 e. The standard InChI is InChI=1S/C21H19IN2O3S/c1-16-14-17(22)12-13-20(16)23-21(25)15-24(18-8-4-2-5-9-18)28(26,27)19-10-6-3-7-11-19/h2-14H,15H2,1H3,(H,23,25). The first kappa shape index (κ1) is 20.3. The summed E-state index contributed by atoms with van der Waals surface area (Å²) in [5.41, 5.74) is 2.01. The molecule has 144 valence electrons. The van der Waals surface area contributed by atoms with Crippen LogP contribution in [0.2, 0.25) is 0 Å². The number of sulfonamides is 1. The van der Waals surface area contributed by atoms with Crippen molar-refractivity contribution in [3.8, 4) is 0 Å². The average molecular weight is 506 g/mol. The van der Waals surface area contributed by atoms with Crippen molar-refractivity contribution < 1.29 is 13.2 Å². The summed E-state index contributed by atoms with van der Waals surface area (Å²) in [6, 6.07) is 22.4. The zero-order valence-electron chi connectivity index (χ0n) is 15.2. The highest BCUT2D eigenvalue weighted by Crippen LogP contribution is 2.24. The van der Waals surface area contributed by atoms with Crippen molar-refractivity contribution in [2.75, 3.05) is 16.2 Å². The van der Waals surface area contributed by atoms with E-state index in [0.29, 0.717) is 11.4 Å². The fourth-order valence-corrected chi connectivity index (χ4v) is 4.81. The number of hydrogen-bond donors (Lipinski definition) is 1. The Bertz CT molecular complexity index is 1070. The fourth-order valence-electron chi connectivity index (χ4n) is 2.72. The highest BCUT2D eigenvalue weighted by atomic mass is 127. The van der Waals surface area contributed by atoms with Gasteiger partial charge in [-0.15, -0.1) is 0 Å². The molecule has 3 aromatic rings. The van der Waals surface area contributed by atoms with E-state index in [9.17, 15) is 13.2 Å². The molecule has 0 spiro atoms. The van der Waals surface area contributed by atoms with Crippen LogP contribution in [0, 0.1) is 10.5 Å². The van der Waals surface area contributed by atoms with Crippen molar-refractivity contribution in [2.24, 2.45) is 0 Å².